The first kappa shape index (κ1) is 13.3. The van der Waals surface area contributed by atoms with E-state index in [0.29, 0.717) is 11.8 Å². The third-order valence-corrected chi connectivity index (χ3v) is 3.22. The first-order valence-corrected chi connectivity index (χ1v) is 6.14. The molecule has 0 amide bonds. The summed E-state index contributed by atoms with van der Waals surface area (Å²) in [5, 5.41) is 0. The van der Waals surface area contributed by atoms with Crippen LogP contribution in [0.5, 0.6) is 0 Å². The molecular formula is C13H25N3. The fraction of sp³-hybridized carbons (Fsp3) is 0.692. The predicted molar refractivity (Wildman–Crippen MR) is 69.4 cm³/mol. The highest BCUT2D eigenvalue weighted by molar-refractivity contribution is 5.03. The van der Waals surface area contributed by atoms with Crippen molar-refractivity contribution in [3.8, 4) is 0 Å². The minimum atomic E-state index is 0.605. The van der Waals surface area contributed by atoms with E-state index in [0.717, 1.165) is 26.1 Å². The van der Waals surface area contributed by atoms with Crippen LogP contribution >= 0.6 is 0 Å². The molecular weight excluding hydrogens is 198 g/mol. The lowest BCUT2D eigenvalue weighted by atomic mass is 9.95. The largest absolute Gasteiger partial charge is 0.365 e. The standard InChI is InChI=1S/C13H25N3/c1-11(2)12(9-14)10-16(3)8-6-13-5-4-7-15-13/h4-5,7,11-12,15H,6,8-10,14H2,1-3H3. The Bertz CT molecular complexity index is 267. The molecule has 0 fully saturated rings. The number of nitrogens with two attached hydrogens (primary N) is 1. The maximum absolute atomic E-state index is 5.78. The average Bonchev–Trinajstić information content (AvgIpc) is 2.75. The molecule has 1 heterocycles. The third kappa shape index (κ3) is 4.37. The van der Waals surface area contributed by atoms with Gasteiger partial charge < -0.3 is 15.6 Å². The van der Waals surface area contributed by atoms with Gasteiger partial charge in [0, 0.05) is 31.4 Å². The van der Waals surface area contributed by atoms with Crippen molar-refractivity contribution >= 4 is 0 Å². The van der Waals surface area contributed by atoms with E-state index in [2.05, 4.69) is 36.8 Å². The molecule has 1 rings (SSSR count). The SMILES string of the molecule is CC(C)C(CN)CN(C)CCc1ccc[nH]1. The second-order valence-electron chi connectivity index (χ2n) is 4.95. The van der Waals surface area contributed by atoms with Gasteiger partial charge in [-0.3, -0.25) is 0 Å². The average molecular weight is 223 g/mol. The van der Waals surface area contributed by atoms with Gasteiger partial charge in [-0.05, 0) is 37.6 Å². The normalized spacial score (nSPS) is 13.6. The van der Waals surface area contributed by atoms with Gasteiger partial charge in [-0.25, -0.2) is 0 Å². The quantitative estimate of drug-likeness (QED) is 0.739. The molecule has 1 aromatic heterocycles. The van der Waals surface area contributed by atoms with E-state index in [9.17, 15) is 0 Å². The molecule has 3 N–H and O–H groups in total. The van der Waals surface area contributed by atoms with E-state index in [1.165, 1.54) is 5.69 Å². The van der Waals surface area contributed by atoms with Gasteiger partial charge in [0.05, 0.1) is 0 Å². The molecule has 1 aromatic rings. The number of hydrogen-bond acceptors (Lipinski definition) is 2. The summed E-state index contributed by atoms with van der Waals surface area (Å²) in [5.41, 5.74) is 7.09. The van der Waals surface area contributed by atoms with Gasteiger partial charge in [-0.2, -0.15) is 0 Å². The number of hydrogen-bond donors (Lipinski definition) is 2. The van der Waals surface area contributed by atoms with Crippen molar-refractivity contribution in [1.29, 1.82) is 0 Å². The van der Waals surface area contributed by atoms with Gasteiger partial charge in [0.2, 0.25) is 0 Å². The molecule has 0 aliphatic rings. The summed E-state index contributed by atoms with van der Waals surface area (Å²) in [6.07, 6.45) is 3.06. The number of nitrogens with one attached hydrogen (secondary N) is 1. The van der Waals surface area contributed by atoms with Crippen molar-refractivity contribution in [2.45, 2.75) is 20.3 Å². The van der Waals surface area contributed by atoms with Crippen LogP contribution in [0.2, 0.25) is 0 Å². The van der Waals surface area contributed by atoms with Gasteiger partial charge in [0.25, 0.3) is 0 Å². The van der Waals surface area contributed by atoms with Crippen molar-refractivity contribution < 1.29 is 0 Å². The highest BCUT2D eigenvalue weighted by Crippen LogP contribution is 2.10. The van der Waals surface area contributed by atoms with Gasteiger partial charge in [-0.1, -0.05) is 13.8 Å². The Morgan fingerprint density at radius 2 is 2.19 bits per heavy atom. The van der Waals surface area contributed by atoms with Crippen LogP contribution in [-0.4, -0.2) is 36.6 Å². The number of nitrogens with zero attached hydrogens (tertiary/aromatic N) is 1. The summed E-state index contributed by atoms with van der Waals surface area (Å²) < 4.78 is 0. The van der Waals surface area contributed by atoms with Crippen LogP contribution in [0.3, 0.4) is 0 Å². The molecule has 1 unspecified atom stereocenters. The van der Waals surface area contributed by atoms with Crippen LogP contribution in [0.25, 0.3) is 0 Å². The Kier molecular flexibility index (Phi) is 5.56. The summed E-state index contributed by atoms with van der Waals surface area (Å²) in [6.45, 7) is 7.45. The van der Waals surface area contributed by atoms with Gasteiger partial charge in [0.1, 0.15) is 0 Å². The number of H-pyrrole nitrogens is 1. The van der Waals surface area contributed by atoms with Crippen molar-refractivity contribution in [1.82, 2.24) is 9.88 Å². The molecule has 0 aromatic carbocycles. The number of likely N-dealkylation sites (N-methyl/N-ethyl adjacent to an activating group) is 1. The van der Waals surface area contributed by atoms with Crippen LogP contribution in [0.4, 0.5) is 0 Å². The fourth-order valence-corrected chi connectivity index (χ4v) is 1.88. The molecule has 0 saturated carbocycles. The fourth-order valence-electron chi connectivity index (χ4n) is 1.88. The molecule has 0 aliphatic heterocycles. The maximum atomic E-state index is 5.78. The molecule has 3 nitrogen and oxygen atoms in total. The molecule has 0 aliphatic carbocycles. The highest BCUT2D eigenvalue weighted by Gasteiger charge is 2.13. The van der Waals surface area contributed by atoms with Gasteiger partial charge in [0.15, 0.2) is 0 Å². The van der Waals surface area contributed by atoms with Gasteiger partial charge in [-0.15, -0.1) is 0 Å². The van der Waals surface area contributed by atoms with Crippen molar-refractivity contribution in [3.63, 3.8) is 0 Å². The lowest BCUT2D eigenvalue weighted by Gasteiger charge is -2.25. The second kappa shape index (κ2) is 6.71. The zero-order chi connectivity index (χ0) is 12.0. The molecule has 0 bridgehead atoms. The monoisotopic (exact) mass is 223 g/mol. The van der Waals surface area contributed by atoms with E-state index in [-0.39, 0.29) is 0 Å². The minimum absolute atomic E-state index is 0.605. The number of aromatic nitrogens is 1. The molecule has 1 atom stereocenters. The Labute approximate surface area is 99.0 Å². The number of rotatable bonds is 7. The number of aromatic amines is 1. The predicted octanol–water partition coefficient (Wildman–Crippen LogP) is 1.72. The first-order valence-electron chi connectivity index (χ1n) is 6.14. The summed E-state index contributed by atoms with van der Waals surface area (Å²) in [7, 11) is 2.17. The summed E-state index contributed by atoms with van der Waals surface area (Å²) in [5.74, 6) is 1.27. The topological polar surface area (TPSA) is 45.0 Å². The zero-order valence-electron chi connectivity index (χ0n) is 10.7. The minimum Gasteiger partial charge on any atom is -0.365 e. The Hall–Kier alpha value is -0.800. The first-order chi connectivity index (χ1) is 7.63. The van der Waals surface area contributed by atoms with E-state index in [1.807, 2.05) is 12.3 Å². The summed E-state index contributed by atoms with van der Waals surface area (Å²) in [6, 6.07) is 4.18. The van der Waals surface area contributed by atoms with Crippen molar-refractivity contribution in [2.24, 2.45) is 17.6 Å². The van der Waals surface area contributed by atoms with Crippen LogP contribution in [-0.2, 0) is 6.42 Å². The molecule has 0 saturated heterocycles. The van der Waals surface area contributed by atoms with Crippen molar-refractivity contribution in [3.05, 3.63) is 24.0 Å². The van der Waals surface area contributed by atoms with Crippen LogP contribution in [0.15, 0.2) is 18.3 Å². The van der Waals surface area contributed by atoms with E-state index < -0.39 is 0 Å². The lowest BCUT2D eigenvalue weighted by Crippen LogP contribution is -2.34. The van der Waals surface area contributed by atoms with E-state index >= 15 is 0 Å². The summed E-state index contributed by atoms with van der Waals surface area (Å²) >= 11 is 0. The Morgan fingerprint density at radius 1 is 1.44 bits per heavy atom. The van der Waals surface area contributed by atoms with Crippen LogP contribution < -0.4 is 5.73 Å². The molecule has 16 heavy (non-hydrogen) atoms. The smallest absolute Gasteiger partial charge is 0.0159 e. The molecule has 3 heteroatoms. The third-order valence-electron chi connectivity index (χ3n) is 3.22. The lowest BCUT2D eigenvalue weighted by molar-refractivity contribution is 0.242. The Balaban J connectivity index is 2.27. The zero-order valence-corrected chi connectivity index (χ0v) is 10.7. The highest BCUT2D eigenvalue weighted by atomic mass is 15.1. The van der Waals surface area contributed by atoms with Gasteiger partial charge >= 0.3 is 0 Å². The van der Waals surface area contributed by atoms with E-state index in [4.69, 9.17) is 5.73 Å². The van der Waals surface area contributed by atoms with Crippen LogP contribution in [0.1, 0.15) is 19.5 Å². The molecule has 0 spiro atoms. The summed E-state index contributed by atoms with van der Waals surface area (Å²) in [4.78, 5) is 5.60. The Morgan fingerprint density at radius 3 is 2.69 bits per heavy atom. The maximum Gasteiger partial charge on any atom is 0.0159 e. The van der Waals surface area contributed by atoms with E-state index in [1.54, 1.807) is 0 Å². The van der Waals surface area contributed by atoms with Crippen molar-refractivity contribution in [2.75, 3.05) is 26.7 Å². The second-order valence-corrected chi connectivity index (χ2v) is 4.95. The van der Waals surface area contributed by atoms with Crippen LogP contribution in [0, 0.1) is 11.8 Å². The molecule has 92 valence electrons. The molecule has 0 radical (unpaired) electrons.